The molecule has 2 aromatic rings. The van der Waals surface area contributed by atoms with E-state index in [1.54, 1.807) is 24.3 Å². The fourth-order valence-corrected chi connectivity index (χ4v) is 2.30. The van der Waals surface area contributed by atoms with Crippen LogP contribution in [0.5, 0.6) is 0 Å². The third-order valence-electron chi connectivity index (χ3n) is 3.16. The molecule has 0 saturated carbocycles. The quantitative estimate of drug-likeness (QED) is 0.743. The maximum atomic E-state index is 12.7. The first-order chi connectivity index (χ1) is 9.21. The predicted octanol–water partition coefficient (Wildman–Crippen LogP) is 4.57. The third kappa shape index (κ3) is 3.15. The fraction of sp³-hybridized carbons (Fsp3) is 0.200. The van der Waals surface area contributed by atoms with Crippen molar-refractivity contribution in [1.82, 2.24) is 0 Å². The van der Waals surface area contributed by atoms with Crippen LogP contribution in [0.3, 0.4) is 0 Å². The summed E-state index contributed by atoms with van der Waals surface area (Å²) in [5.41, 5.74) is -1.46. The summed E-state index contributed by atoms with van der Waals surface area (Å²) in [6, 6.07) is 11.8. The second kappa shape index (κ2) is 5.37. The van der Waals surface area contributed by atoms with Gasteiger partial charge in [-0.05, 0) is 64.9 Å². The maximum absolute atomic E-state index is 12.7. The summed E-state index contributed by atoms with van der Waals surface area (Å²) in [4.78, 5) is 0. The van der Waals surface area contributed by atoms with Gasteiger partial charge >= 0.3 is 6.18 Å². The van der Waals surface area contributed by atoms with Gasteiger partial charge in [-0.15, -0.1) is 0 Å². The first kappa shape index (κ1) is 15.3. The summed E-state index contributed by atoms with van der Waals surface area (Å²) in [5, 5.41) is 10.6. The Morgan fingerprint density at radius 3 is 2.00 bits per heavy atom. The lowest BCUT2D eigenvalue weighted by molar-refractivity contribution is -0.137. The highest BCUT2D eigenvalue weighted by Gasteiger charge is 2.33. The number of benzene rings is 2. The Labute approximate surface area is 128 Å². The summed E-state index contributed by atoms with van der Waals surface area (Å²) >= 11 is 2.12. The van der Waals surface area contributed by atoms with Crippen molar-refractivity contribution in [3.63, 3.8) is 0 Å². The Kier molecular flexibility index (Phi) is 4.11. The van der Waals surface area contributed by atoms with Crippen LogP contribution in [0, 0.1) is 3.57 Å². The van der Waals surface area contributed by atoms with Crippen LogP contribution < -0.4 is 0 Å². The standard InChI is InChI=1S/C15H12F3IO/c1-14(20,10-5-7-13(19)8-6-10)11-3-2-4-12(9-11)15(16,17)18/h2-9,20H,1H3. The summed E-state index contributed by atoms with van der Waals surface area (Å²) in [6.45, 7) is 1.49. The molecular formula is C15H12F3IO. The van der Waals surface area contributed by atoms with Crippen molar-refractivity contribution >= 4 is 22.6 Å². The average Bonchev–Trinajstić information content (AvgIpc) is 2.38. The van der Waals surface area contributed by atoms with Crippen LogP contribution in [0.15, 0.2) is 48.5 Å². The highest BCUT2D eigenvalue weighted by atomic mass is 127. The summed E-state index contributed by atoms with van der Waals surface area (Å²) < 4.78 is 39.2. The molecule has 0 saturated heterocycles. The van der Waals surface area contributed by atoms with Crippen LogP contribution in [0.2, 0.25) is 0 Å². The molecule has 0 bridgehead atoms. The molecule has 0 amide bonds. The molecule has 2 aromatic carbocycles. The first-order valence-corrected chi connectivity index (χ1v) is 6.95. The molecule has 0 aliphatic rings. The van der Waals surface area contributed by atoms with E-state index in [0.717, 1.165) is 15.7 Å². The van der Waals surface area contributed by atoms with Crippen molar-refractivity contribution in [2.45, 2.75) is 18.7 Å². The SMILES string of the molecule is CC(O)(c1ccc(I)cc1)c1cccc(C(F)(F)F)c1. The minimum Gasteiger partial charge on any atom is -0.381 e. The zero-order chi connectivity index (χ0) is 15.0. The number of halogens is 4. The molecule has 1 N–H and O–H groups in total. The van der Waals surface area contributed by atoms with Crippen molar-refractivity contribution in [3.05, 3.63) is 68.8 Å². The van der Waals surface area contributed by atoms with Crippen molar-refractivity contribution in [2.24, 2.45) is 0 Å². The Hall–Kier alpha value is -1.08. The number of hydrogen-bond acceptors (Lipinski definition) is 1. The predicted molar refractivity (Wildman–Crippen MR) is 79.3 cm³/mol. The Balaban J connectivity index is 2.46. The largest absolute Gasteiger partial charge is 0.416 e. The van der Waals surface area contributed by atoms with Crippen LogP contribution >= 0.6 is 22.6 Å². The van der Waals surface area contributed by atoms with E-state index in [9.17, 15) is 18.3 Å². The van der Waals surface area contributed by atoms with E-state index in [1.165, 1.54) is 19.1 Å². The topological polar surface area (TPSA) is 20.2 Å². The van der Waals surface area contributed by atoms with Crippen molar-refractivity contribution < 1.29 is 18.3 Å². The van der Waals surface area contributed by atoms with Gasteiger partial charge in [-0.25, -0.2) is 0 Å². The number of hydrogen-bond donors (Lipinski definition) is 1. The molecule has 0 aromatic heterocycles. The van der Waals surface area contributed by atoms with Gasteiger partial charge in [-0.3, -0.25) is 0 Å². The number of alkyl halides is 3. The Morgan fingerprint density at radius 2 is 1.45 bits per heavy atom. The van der Waals surface area contributed by atoms with E-state index >= 15 is 0 Å². The van der Waals surface area contributed by atoms with Crippen molar-refractivity contribution in [3.8, 4) is 0 Å². The van der Waals surface area contributed by atoms with Gasteiger partial charge in [0.15, 0.2) is 0 Å². The molecular weight excluding hydrogens is 380 g/mol. The lowest BCUT2D eigenvalue weighted by Gasteiger charge is -2.25. The molecule has 0 aliphatic carbocycles. The molecule has 1 nitrogen and oxygen atoms in total. The van der Waals surface area contributed by atoms with E-state index in [1.807, 2.05) is 0 Å². The van der Waals surface area contributed by atoms with Gasteiger partial charge in [0.1, 0.15) is 5.60 Å². The van der Waals surface area contributed by atoms with E-state index < -0.39 is 17.3 Å². The van der Waals surface area contributed by atoms with Crippen LogP contribution in [0.1, 0.15) is 23.6 Å². The maximum Gasteiger partial charge on any atom is 0.416 e. The van der Waals surface area contributed by atoms with Gasteiger partial charge in [0.05, 0.1) is 5.56 Å². The van der Waals surface area contributed by atoms with E-state index in [-0.39, 0.29) is 5.56 Å². The molecule has 20 heavy (non-hydrogen) atoms. The van der Waals surface area contributed by atoms with Gasteiger partial charge in [-0.2, -0.15) is 13.2 Å². The minimum absolute atomic E-state index is 0.216. The van der Waals surface area contributed by atoms with Gasteiger partial charge in [0.25, 0.3) is 0 Å². The molecule has 0 aliphatic heterocycles. The summed E-state index contributed by atoms with van der Waals surface area (Å²) in [6.07, 6.45) is -4.42. The van der Waals surface area contributed by atoms with E-state index in [4.69, 9.17) is 0 Å². The summed E-state index contributed by atoms with van der Waals surface area (Å²) in [7, 11) is 0. The Morgan fingerprint density at radius 1 is 0.900 bits per heavy atom. The van der Waals surface area contributed by atoms with Crippen LogP contribution in [0.4, 0.5) is 13.2 Å². The molecule has 0 heterocycles. The molecule has 1 unspecified atom stereocenters. The number of rotatable bonds is 2. The van der Waals surface area contributed by atoms with Crippen molar-refractivity contribution in [1.29, 1.82) is 0 Å². The molecule has 106 valence electrons. The van der Waals surface area contributed by atoms with Gasteiger partial charge < -0.3 is 5.11 Å². The van der Waals surface area contributed by atoms with Gasteiger partial charge in [0.2, 0.25) is 0 Å². The molecule has 2 rings (SSSR count). The van der Waals surface area contributed by atoms with Crippen LogP contribution in [-0.2, 0) is 11.8 Å². The lowest BCUT2D eigenvalue weighted by atomic mass is 9.87. The van der Waals surface area contributed by atoms with Gasteiger partial charge in [-0.1, -0.05) is 24.3 Å². The smallest absolute Gasteiger partial charge is 0.381 e. The zero-order valence-electron chi connectivity index (χ0n) is 10.6. The fourth-order valence-electron chi connectivity index (χ4n) is 1.94. The van der Waals surface area contributed by atoms with Gasteiger partial charge in [0, 0.05) is 3.57 Å². The second-order valence-corrected chi connectivity index (χ2v) is 5.90. The van der Waals surface area contributed by atoms with Crippen LogP contribution in [-0.4, -0.2) is 5.11 Å². The molecule has 0 fully saturated rings. The summed E-state index contributed by atoms with van der Waals surface area (Å²) in [5.74, 6) is 0. The van der Waals surface area contributed by atoms with Crippen LogP contribution in [0.25, 0.3) is 0 Å². The molecule has 0 radical (unpaired) electrons. The Bertz CT molecular complexity index is 603. The zero-order valence-corrected chi connectivity index (χ0v) is 12.7. The van der Waals surface area contributed by atoms with E-state index in [2.05, 4.69) is 22.6 Å². The second-order valence-electron chi connectivity index (χ2n) is 4.66. The number of aliphatic hydroxyl groups is 1. The monoisotopic (exact) mass is 392 g/mol. The average molecular weight is 392 g/mol. The first-order valence-electron chi connectivity index (χ1n) is 5.87. The van der Waals surface area contributed by atoms with Crippen molar-refractivity contribution in [2.75, 3.05) is 0 Å². The van der Waals surface area contributed by atoms with E-state index in [0.29, 0.717) is 5.56 Å². The lowest BCUT2D eigenvalue weighted by Crippen LogP contribution is -2.23. The molecule has 1 atom stereocenters. The molecule has 5 heteroatoms. The molecule has 0 spiro atoms. The normalized spacial score (nSPS) is 14.9. The highest BCUT2D eigenvalue weighted by Crippen LogP contribution is 2.34. The third-order valence-corrected chi connectivity index (χ3v) is 3.88. The highest BCUT2D eigenvalue weighted by molar-refractivity contribution is 14.1. The minimum atomic E-state index is -4.42.